The number of ether oxygens (including phenoxy) is 2. The van der Waals surface area contributed by atoms with E-state index < -0.39 is 75.7 Å². The third-order valence-electron chi connectivity index (χ3n) is 5.27. The van der Waals surface area contributed by atoms with Crippen molar-refractivity contribution in [2.24, 2.45) is 5.73 Å². The molecule has 2 fully saturated rings. The molecule has 2 aliphatic rings. The maximum absolute atomic E-state index is 12.3. The molecule has 0 radical (unpaired) electrons. The highest BCUT2D eigenvalue weighted by Gasteiger charge is 2.48. The zero-order valence-corrected chi connectivity index (χ0v) is 17.6. The van der Waals surface area contributed by atoms with E-state index in [-0.39, 0.29) is 17.1 Å². The highest BCUT2D eigenvalue weighted by Crippen LogP contribution is 2.47. The fourth-order valence-corrected chi connectivity index (χ4v) is 4.57. The highest BCUT2D eigenvalue weighted by atomic mass is 31.2. The molecule has 4 heterocycles. The number of hydrogen-bond donors (Lipinski definition) is 8. The summed E-state index contributed by atoms with van der Waals surface area (Å²) in [6.07, 6.45) is -9.96. The number of nitrogens with zero attached hydrogens (tertiary/aromatic N) is 3. The number of H-pyrrole nitrogens is 1. The second-order valence-electron chi connectivity index (χ2n) is 7.47. The lowest BCUT2D eigenvalue weighted by Crippen LogP contribution is -2.39. The van der Waals surface area contributed by atoms with Gasteiger partial charge < -0.3 is 46.3 Å². The van der Waals surface area contributed by atoms with Crippen LogP contribution in [0.4, 0.5) is 5.95 Å². The van der Waals surface area contributed by atoms with E-state index in [0.29, 0.717) is 0 Å². The molecule has 0 bridgehead atoms. The second kappa shape index (κ2) is 8.97. The van der Waals surface area contributed by atoms with Gasteiger partial charge in [0.2, 0.25) is 5.95 Å². The van der Waals surface area contributed by atoms with E-state index >= 15 is 0 Å². The van der Waals surface area contributed by atoms with Crippen LogP contribution in [0.3, 0.4) is 0 Å². The molecule has 2 aliphatic heterocycles. The lowest BCUT2D eigenvalue weighted by molar-refractivity contribution is -0.0554. The maximum atomic E-state index is 12.3. The van der Waals surface area contributed by atoms with Crippen molar-refractivity contribution in [1.29, 1.82) is 0 Å². The molecule has 2 saturated heterocycles. The molecule has 0 amide bonds. The fourth-order valence-electron chi connectivity index (χ4n) is 3.62. The van der Waals surface area contributed by atoms with E-state index in [4.69, 9.17) is 35.1 Å². The van der Waals surface area contributed by atoms with Crippen molar-refractivity contribution in [2.45, 2.75) is 49.1 Å². The predicted molar refractivity (Wildman–Crippen MR) is 105 cm³/mol. The first-order valence-corrected chi connectivity index (χ1v) is 11.1. The van der Waals surface area contributed by atoms with Gasteiger partial charge in [0.1, 0.15) is 42.9 Å². The molecule has 1 unspecified atom stereocenters. The number of nitrogens with two attached hydrogens (primary N) is 2. The molecule has 184 valence electrons. The second-order valence-corrected chi connectivity index (χ2v) is 8.87. The summed E-state index contributed by atoms with van der Waals surface area (Å²) in [5.74, 6) is -0.208. The van der Waals surface area contributed by atoms with E-state index in [0.717, 1.165) is 6.33 Å². The molecule has 18 heteroatoms. The Morgan fingerprint density at radius 3 is 2.61 bits per heavy atom. The maximum Gasteiger partial charge on any atom is 0.472 e. The summed E-state index contributed by atoms with van der Waals surface area (Å²) in [5.41, 5.74) is 10.4. The Labute approximate surface area is 184 Å². The number of imidazole rings is 1. The summed E-state index contributed by atoms with van der Waals surface area (Å²) in [7, 11) is -4.85. The number of aliphatic hydroxyl groups is 4. The smallest absolute Gasteiger partial charge is 0.394 e. The summed E-state index contributed by atoms with van der Waals surface area (Å²) in [5, 5.41) is 39.8. The highest BCUT2D eigenvalue weighted by molar-refractivity contribution is 7.47. The Morgan fingerprint density at radius 2 is 1.94 bits per heavy atom. The van der Waals surface area contributed by atoms with Crippen molar-refractivity contribution < 1.29 is 48.4 Å². The van der Waals surface area contributed by atoms with Crippen molar-refractivity contribution >= 4 is 24.9 Å². The van der Waals surface area contributed by atoms with Gasteiger partial charge in [-0.2, -0.15) is 4.98 Å². The SMILES string of the molecule is Nc1nc2c(ncn2[C@@H]2O[C@H](COP(=O)(O)O[C@@H]3[C@H](O)[C@@H](CO)O[C@H]3N)[C@@H](O)[C@H]2O)c(=O)[nH]1. The molecule has 9 atom stereocenters. The zero-order valence-electron chi connectivity index (χ0n) is 16.7. The lowest BCUT2D eigenvalue weighted by Gasteiger charge is -2.22. The van der Waals surface area contributed by atoms with E-state index in [1.807, 2.05) is 0 Å². The van der Waals surface area contributed by atoms with Crippen LogP contribution in [0.1, 0.15) is 6.23 Å². The molecular weight excluding hydrogens is 471 g/mol. The standard InChI is InChI=1S/C15H23N6O11P/c16-11-10(8(24)4(1-22)30-11)32-33(27,28)29-2-5-7(23)9(25)14(31-5)21-3-18-6-12(21)19-15(17)20-13(6)26/h3-5,7-11,14,22-25H,1-2,16H2,(H,27,28)(H3,17,19,20,26)/t4-,5-,7-,8-,9-,10-,11-,14-/m1/s1. The number of phosphoric acid groups is 1. The average Bonchev–Trinajstić information content (AvgIpc) is 3.37. The summed E-state index contributed by atoms with van der Waals surface area (Å²) in [6.45, 7) is -1.31. The van der Waals surface area contributed by atoms with Crippen LogP contribution in [0.2, 0.25) is 0 Å². The van der Waals surface area contributed by atoms with Crippen LogP contribution in [0, 0.1) is 0 Å². The van der Waals surface area contributed by atoms with Gasteiger partial charge >= 0.3 is 7.82 Å². The minimum atomic E-state index is -4.85. The van der Waals surface area contributed by atoms with E-state index in [1.54, 1.807) is 0 Å². The van der Waals surface area contributed by atoms with Gasteiger partial charge in [0.15, 0.2) is 17.4 Å². The van der Waals surface area contributed by atoms with Crippen LogP contribution in [0.15, 0.2) is 11.1 Å². The van der Waals surface area contributed by atoms with Crippen molar-refractivity contribution in [3.05, 3.63) is 16.7 Å². The lowest BCUT2D eigenvalue weighted by atomic mass is 10.1. The predicted octanol–water partition coefficient (Wildman–Crippen LogP) is -4.14. The third kappa shape index (κ3) is 4.53. The van der Waals surface area contributed by atoms with Crippen molar-refractivity contribution in [3.63, 3.8) is 0 Å². The Kier molecular flexibility index (Phi) is 6.56. The van der Waals surface area contributed by atoms with E-state index in [9.17, 15) is 29.6 Å². The number of nitrogen functional groups attached to an aromatic ring is 1. The van der Waals surface area contributed by atoms with Gasteiger partial charge in [-0.15, -0.1) is 0 Å². The number of phosphoric ester groups is 1. The van der Waals surface area contributed by atoms with E-state index in [2.05, 4.69) is 15.0 Å². The van der Waals surface area contributed by atoms with Gasteiger partial charge in [-0.05, 0) is 0 Å². The molecule has 0 aliphatic carbocycles. The monoisotopic (exact) mass is 494 g/mol. The Morgan fingerprint density at radius 1 is 1.21 bits per heavy atom. The topological polar surface area (TPSA) is 271 Å². The van der Waals surface area contributed by atoms with Crippen LogP contribution < -0.4 is 17.0 Å². The molecule has 2 aromatic heterocycles. The average molecular weight is 494 g/mol. The Hall–Kier alpha value is -2.02. The number of rotatable bonds is 7. The minimum Gasteiger partial charge on any atom is -0.394 e. The van der Waals surface area contributed by atoms with Crippen molar-refractivity contribution in [1.82, 2.24) is 19.5 Å². The molecule has 10 N–H and O–H groups in total. The third-order valence-corrected chi connectivity index (χ3v) is 6.26. The van der Waals surface area contributed by atoms with Crippen LogP contribution in [0.5, 0.6) is 0 Å². The summed E-state index contributed by atoms with van der Waals surface area (Å²) < 4.78 is 33.7. The minimum absolute atomic E-state index is 0.0205. The van der Waals surface area contributed by atoms with Crippen LogP contribution >= 0.6 is 7.82 Å². The quantitative estimate of drug-likeness (QED) is 0.170. The molecular formula is C15H23N6O11P. The Bertz CT molecular complexity index is 1110. The fraction of sp³-hybridized carbons (Fsp3) is 0.667. The van der Waals surface area contributed by atoms with Crippen molar-refractivity contribution in [2.75, 3.05) is 18.9 Å². The molecule has 0 spiro atoms. The number of nitrogens with one attached hydrogen (secondary N) is 1. The molecule has 0 saturated carbocycles. The first-order chi connectivity index (χ1) is 15.5. The van der Waals surface area contributed by atoms with Gasteiger partial charge in [0.05, 0.1) is 19.5 Å². The van der Waals surface area contributed by atoms with Gasteiger partial charge in [0.25, 0.3) is 5.56 Å². The number of aromatic nitrogens is 4. The molecule has 2 aromatic rings. The number of aromatic amines is 1. The molecule has 0 aromatic carbocycles. The summed E-state index contributed by atoms with van der Waals surface area (Å²) in [6, 6.07) is 0. The van der Waals surface area contributed by atoms with Crippen LogP contribution in [-0.2, 0) is 23.1 Å². The van der Waals surface area contributed by atoms with Crippen molar-refractivity contribution in [3.8, 4) is 0 Å². The largest absolute Gasteiger partial charge is 0.472 e. The first-order valence-electron chi connectivity index (χ1n) is 9.62. The molecule has 17 nitrogen and oxygen atoms in total. The number of hydrogen-bond acceptors (Lipinski definition) is 14. The van der Waals surface area contributed by atoms with Crippen LogP contribution in [-0.4, -0.2) is 101 Å². The number of fused-ring (bicyclic) bond motifs is 1. The number of anilines is 1. The van der Waals surface area contributed by atoms with Crippen LogP contribution in [0.25, 0.3) is 11.2 Å². The summed E-state index contributed by atoms with van der Waals surface area (Å²) >= 11 is 0. The van der Waals surface area contributed by atoms with E-state index in [1.165, 1.54) is 4.57 Å². The van der Waals surface area contributed by atoms with Gasteiger partial charge in [-0.25, -0.2) is 9.55 Å². The zero-order chi connectivity index (χ0) is 24.1. The van der Waals surface area contributed by atoms with Gasteiger partial charge in [-0.1, -0.05) is 0 Å². The normalized spacial score (nSPS) is 36.4. The Balaban J connectivity index is 1.44. The summed E-state index contributed by atoms with van der Waals surface area (Å²) in [4.78, 5) is 32.0. The molecule has 4 rings (SSSR count). The van der Waals surface area contributed by atoms with Gasteiger partial charge in [0, 0.05) is 0 Å². The molecule has 33 heavy (non-hydrogen) atoms. The number of aliphatic hydroxyl groups excluding tert-OH is 4. The van der Waals surface area contributed by atoms with Gasteiger partial charge in [-0.3, -0.25) is 23.4 Å². The first kappa shape index (κ1) is 24.1.